The van der Waals surface area contributed by atoms with Gasteiger partial charge < -0.3 is 10.1 Å². The third kappa shape index (κ3) is 2.93. The van der Waals surface area contributed by atoms with Gasteiger partial charge in [-0.1, -0.05) is 12.8 Å². The Kier molecular flexibility index (Phi) is 3.37. The molecule has 0 aromatic rings. The average molecular weight is 239 g/mol. The molecule has 2 aliphatic rings. The number of amides is 1. The van der Waals surface area contributed by atoms with Crippen molar-refractivity contribution in [3.63, 3.8) is 0 Å². The van der Waals surface area contributed by atoms with Crippen molar-refractivity contribution < 1.29 is 9.53 Å². The highest BCUT2D eigenvalue weighted by atomic mass is 16.6. The smallest absolute Gasteiger partial charge is 0.407 e. The van der Waals surface area contributed by atoms with E-state index in [2.05, 4.69) is 5.32 Å². The molecule has 0 aromatic heterocycles. The largest absolute Gasteiger partial charge is 0.444 e. The van der Waals surface area contributed by atoms with E-state index >= 15 is 0 Å². The number of carbonyl (C=O) groups is 1. The number of carbonyl (C=O) groups excluding carboxylic acids is 1. The van der Waals surface area contributed by atoms with Gasteiger partial charge in [-0.2, -0.15) is 0 Å². The number of hydrogen-bond donors (Lipinski definition) is 1. The summed E-state index contributed by atoms with van der Waals surface area (Å²) in [4.78, 5) is 11.7. The lowest BCUT2D eigenvalue weighted by molar-refractivity contribution is 0.0492. The molecule has 0 bridgehead atoms. The molecular weight excluding hydrogens is 214 g/mol. The molecule has 2 saturated carbocycles. The Morgan fingerprint density at radius 2 is 1.88 bits per heavy atom. The summed E-state index contributed by atoms with van der Waals surface area (Å²) in [6, 6.07) is 0. The molecule has 1 amide bonds. The van der Waals surface area contributed by atoms with Crippen LogP contribution in [0.25, 0.3) is 0 Å². The van der Waals surface area contributed by atoms with Crippen LogP contribution in [0.4, 0.5) is 4.79 Å². The number of fused-ring (bicyclic) bond motifs is 1. The fraction of sp³-hybridized carbons (Fsp3) is 0.929. The fourth-order valence-electron chi connectivity index (χ4n) is 3.57. The van der Waals surface area contributed by atoms with Crippen molar-refractivity contribution in [1.82, 2.24) is 5.32 Å². The van der Waals surface area contributed by atoms with Gasteiger partial charge in [0, 0.05) is 6.54 Å². The van der Waals surface area contributed by atoms with Crippen LogP contribution in [0.5, 0.6) is 0 Å². The van der Waals surface area contributed by atoms with E-state index in [1.807, 2.05) is 20.8 Å². The van der Waals surface area contributed by atoms with Gasteiger partial charge >= 0.3 is 6.09 Å². The monoisotopic (exact) mass is 239 g/mol. The lowest BCUT2D eigenvalue weighted by Crippen LogP contribution is -2.40. The second-order valence-corrected chi connectivity index (χ2v) is 6.70. The van der Waals surface area contributed by atoms with Crippen molar-refractivity contribution in [3.05, 3.63) is 0 Å². The molecule has 0 radical (unpaired) electrons. The summed E-state index contributed by atoms with van der Waals surface area (Å²) in [6.07, 6.45) is 7.69. The maximum Gasteiger partial charge on any atom is 0.407 e. The minimum Gasteiger partial charge on any atom is -0.444 e. The summed E-state index contributed by atoms with van der Waals surface area (Å²) < 4.78 is 5.29. The lowest BCUT2D eigenvalue weighted by Gasteiger charge is -2.30. The summed E-state index contributed by atoms with van der Waals surface area (Å²) in [5.74, 6) is 0.845. The van der Waals surface area contributed by atoms with Crippen LogP contribution in [0.2, 0.25) is 0 Å². The van der Waals surface area contributed by atoms with E-state index in [1.165, 1.54) is 38.5 Å². The van der Waals surface area contributed by atoms with Gasteiger partial charge in [-0.05, 0) is 57.8 Å². The fourth-order valence-corrected chi connectivity index (χ4v) is 3.57. The van der Waals surface area contributed by atoms with E-state index in [4.69, 9.17) is 4.74 Å². The molecule has 3 nitrogen and oxygen atoms in total. The molecule has 0 atom stereocenters. The highest BCUT2D eigenvalue weighted by Crippen LogP contribution is 2.53. The third-order valence-corrected chi connectivity index (χ3v) is 4.30. The zero-order chi connectivity index (χ0) is 12.5. The Morgan fingerprint density at radius 3 is 2.41 bits per heavy atom. The van der Waals surface area contributed by atoms with E-state index in [0.717, 1.165) is 12.5 Å². The van der Waals surface area contributed by atoms with Crippen molar-refractivity contribution in [1.29, 1.82) is 0 Å². The van der Waals surface area contributed by atoms with Crippen LogP contribution in [-0.4, -0.2) is 18.2 Å². The average Bonchev–Trinajstić information content (AvgIpc) is 2.69. The molecule has 0 spiro atoms. The Labute approximate surface area is 104 Å². The number of hydrogen-bond acceptors (Lipinski definition) is 2. The van der Waals surface area contributed by atoms with Crippen LogP contribution in [0.1, 0.15) is 59.3 Å². The number of rotatable bonds is 2. The number of ether oxygens (including phenoxy) is 1. The van der Waals surface area contributed by atoms with E-state index in [0.29, 0.717) is 5.41 Å². The Hall–Kier alpha value is -0.730. The molecule has 2 aliphatic carbocycles. The van der Waals surface area contributed by atoms with Crippen molar-refractivity contribution >= 4 is 6.09 Å². The topological polar surface area (TPSA) is 38.3 Å². The standard InChI is InChI=1S/C14H25NO2/c1-13(2,3)17-12(16)15-10-14-8-4-6-11(14)7-5-9-14/h11H,4-10H2,1-3H3,(H,15,16). The van der Waals surface area contributed by atoms with Crippen LogP contribution < -0.4 is 5.32 Å². The summed E-state index contributed by atoms with van der Waals surface area (Å²) >= 11 is 0. The van der Waals surface area contributed by atoms with E-state index in [-0.39, 0.29) is 6.09 Å². The molecule has 2 rings (SSSR count). The van der Waals surface area contributed by atoms with Crippen LogP contribution in [-0.2, 0) is 4.74 Å². The predicted molar refractivity (Wildman–Crippen MR) is 67.9 cm³/mol. The van der Waals surface area contributed by atoms with Gasteiger partial charge in [0.2, 0.25) is 0 Å². The van der Waals surface area contributed by atoms with Gasteiger partial charge in [0.1, 0.15) is 5.60 Å². The number of nitrogens with one attached hydrogen (secondary N) is 1. The van der Waals surface area contributed by atoms with Crippen LogP contribution in [0, 0.1) is 11.3 Å². The minimum atomic E-state index is -0.396. The normalized spacial score (nSPS) is 32.3. The SMILES string of the molecule is CC(C)(C)OC(=O)NCC12CCCC1CCC2. The maximum absolute atomic E-state index is 11.7. The first kappa shape index (κ1) is 12.7. The van der Waals surface area contributed by atoms with Gasteiger partial charge in [-0.25, -0.2) is 4.79 Å². The third-order valence-electron chi connectivity index (χ3n) is 4.30. The molecule has 17 heavy (non-hydrogen) atoms. The second-order valence-electron chi connectivity index (χ2n) is 6.70. The molecule has 0 aromatic carbocycles. The van der Waals surface area contributed by atoms with E-state index < -0.39 is 5.60 Å². The zero-order valence-electron chi connectivity index (χ0n) is 11.3. The highest BCUT2D eigenvalue weighted by molar-refractivity contribution is 5.67. The molecule has 2 fully saturated rings. The van der Waals surface area contributed by atoms with Crippen molar-refractivity contribution in [2.75, 3.05) is 6.54 Å². The van der Waals surface area contributed by atoms with Crippen molar-refractivity contribution in [2.24, 2.45) is 11.3 Å². The first-order valence-electron chi connectivity index (χ1n) is 6.88. The molecule has 0 heterocycles. The Bertz CT molecular complexity index is 283. The second kappa shape index (κ2) is 4.51. The van der Waals surface area contributed by atoms with E-state index in [1.54, 1.807) is 0 Å². The zero-order valence-corrected chi connectivity index (χ0v) is 11.3. The quantitative estimate of drug-likeness (QED) is 0.801. The molecule has 0 saturated heterocycles. The van der Waals surface area contributed by atoms with Gasteiger partial charge in [0.15, 0.2) is 0 Å². The minimum absolute atomic E-state index is 0.260. The van der Waals surface area contributed by atoms with Crippen LogP contribution in [0.15, 0.2) is 0 Å². The van der Waals surface area contributed by atoms with Gasteiger partial charge in [-0.3, -0.25) is 0 Å². The summed E-state index contributed by atoms with van der Waals surface area (Å²) in [7, 11) is 0. The molecule has 0 unspecified atom stereocenters. The summed E-state index contributed by atoms with van der Waals surface area (Å²) in [5.41, 5.74) is 0.00338. The molecular formula is C14H25NO2. The summed E-state index contributed by atoms with van der Waals surface area (Å²) in [6.45, 7) is 6.52. The van der Waals surface area contributed by atoms with Crippen molar-refractivity contribution in [2.45, 2.75) is 64.9 Å². The molecule has 1 N–H and O–H groups in total. The van der Waals surface area contributed by atoms with Gasteiger partial charge in [0.05, 0.1) is 0 Å². The van der Waals surface area contributed by atoms with Gasteiger partial charge in [0.25, 0.3) is 0 Å². The highest BCUT2D eigenvalue weighted by Gasteiger charge is 2.45. The maximum atomic E-state index is 11.7. The molecule has 3 heteroatoms. The van der Waals surface area contributed by atoms with Crippen LogP contribution in [0.3, 0.4) is 0 Å². The Morgan fingerprint density at radius 1 is 1.29 bits per heavy atom. The molecule has 98 valence electrons. The van der Waals surface area contributed by atoms with Crippen LogP contribution >= 0.6 is 0 Å². The van der Waals surface area contributed by atoms with Gasteiger partial charge in [-0.15, -0.1) is 0 Å². The molecule has 0 aliphatic heterocycles. The first-order chi connectivity index (χ1) is 7.91. The number of alkyl carbamates (subject to hydrolysis) is 1. The Balaban J connectivity index is 1.83. The summed E-state index contributed by atoms with van der Waals surface area (Å²) in [5, 5.41) is 2.98. The predicted octanol–water partition coefficient (Wildman–Crippen LogP) is 3.48. The van der Waals surface area contributed by atoms with E-state index in [9.17, 15) is 4.79 Å². The lowest BCUT2D eigenvalue weighted by atomic mass is 9.80. The first-order valence-corrected chi connectivity index (χ1v) is 6.88. The van der Waals surface area contributed by atoms with Crippen molar-refractivity contribution in [3.8, 4) is 0 Å².